The number of carboxylic acid groups (broad SMARTS) is 1. The number of furan rings is 1. The molecule has 0 fully saturated rings. The number of carboxylic acids is 1. The molecule has 1 heterocycles. The second kappa shape index (κ2) is 5.86. The third kappa shape index (κ3) is 3.45. The van der Waals surface area contributed by atoms with Gasteiger partial charge in [-0.15, -0.1) is 0 Å². The van der Waals surface area contributed by atoms with Gasteiger partial charge < -0.3 is 14.4 Å². The molecule has 2 rings (SSSR count). The predicted octanol–water partition coefficient (Wildman–Crippen LogP) is 2.01. The van der Waals surface area contributed by atoms with Crippen molar-refractivity contribution in [3.8, 4) is 0 Å². The molecule has 98 valence electrons. The first-order chi connectivity index (χ1) is 9.16. The second-order valence-electron chi connectivity index (χ2n) is 4.05. The van der Waals surface area contributed by atoms with Crippen LogP contribution in [0.4, 0.5) is 0 Å². The second-order valence-corrected chi connectivity index (χ2v) is 4.05. The van der Waals surface area contributed by atoms with Crippen LogP contribution < -0.4 is 0 Å². The van der Waals surface area contributed by atoms with Gasteiger partial charge in [-0.05, 0) is 11.6 Å². The first-order valence-electron chi connectivity index (χ1n) is 5.74. The summed E-state index contributed by atoms with van der Waals surface area (Å²) in [6, 6.07) is 10.8. The topological polar surface area (TPSA) is 70.8 Å². The van der Waals surface area contributed by atoms with Crippen LogP contribution >= 0.6 is 0 Å². The highest BCUT2D eigenvalue weighted by molar-refractivity contribution is 5.95. The van der Waals surface area contributed by atoms with Crippen molar-refractivity contribution >= 4 is 11.9 Å². The maximum absolute atomic E-state index is 12.1. The molecule has 1 aromatic heterocycles. The number of carbonyl (C=O) groups is 2. The van der Waals surface area contributed by atoms with E-state index in [1.165, 1.54) is 23.5 Å². The highest BCUT2D eigenvalue weighted by Gasteiger charge is 2.19. The van der Waals surface area contributed by atoms with Crippen molar-refractivity contribution in [2.45, 2.75) is 6.54 Å². The van der Waals surface area contributed by atoms with Gasteiger partial charge in [0.1, 0.15) is 12.8 Å². The van der Waals surface area contributed by atoms with Gasteiger partial charge in [-0.1, -0.05) is 30.3 Å². The Morgan fingerprint density at radius 1 is 1.16 bits per heavy atom. The van der Waals surface area contributed by atoms with E-state index in [4.69, 9.17) is 9.52 Å². The molecular formula is C14H13NO4. The van der Waals surface area contributed by atoms with Crippen molar-refractivity contribution < 1.29 is 19.1 Å². The van der Waals surface area contributed by atoms with Crippen molar-refractivity contribution in [2.24, 2.45) is 0 Å². The average Bonchev–Trinajstić information content (AvgIpc) is 2.91. The summed E-state index contributed by atoms with van der Waals surface area (Å²) in [7, 11) is 0. The van der Waals surface area contributed by atoms with Crippen molar-refractivity contribution in [1.29, 1.82) is 0 Å². The van der Waals surface area contributed by atoms with Crippen LogP contribution in [-0.4, -0.2) is 28.4 Å². The van der Waals surface area contributed by atoms with Crippen LogP contribution in [0.15, 0.2) is 53.3 Å². The van der Waals surface area contributed by atoms with Crippen molar-refractivity contribution in [3.63, 3.8) is 0 Å². The molecule has 19 heavy (non-hydrogen) atoms. The Balaban J connectivity index is 2.16. The lowest BCUT2D eigenvalue weighted by molar-refractivity contribution is -0.137. The number of benzene rings is 1. The summed E-state index contributed by atoms with van der Waals surface area (Å²) in [5.74, 6) is -1.41. The van der Waals surface area contributed by atoms with E-state index in [2.05, 4.69) is 0 Å². The molecule has 0 radical (unpaired) electrons. The normalized spacial score (nSPS) is 10.1. The third-order valence-electron chi connectivity index (χ3n) is 2.60. The molecule has 1 amide bonds. The molecule has 0 aliphatic rings. The summed E-state index contributed by atoms with van der Waals surface area (Å²) in [6.45, 7) is -0.101. The first kappa shape index (κ1) is 12.9. The van der Waals surface area contributed by atoms with Gasteiger partial charge in [-0.2, -0.15) is 0 Å². The average molecular weight is 259 g/mol. The van der Waals surface area contributed by atoms with E-state index in [0.29, 0.717) is 5.56 Å². The zero-order valence-corrected chi connectivity index (χ0v) is 10.2. The Morgan fingerprint density at radius 3 is 2.47 bits per heavy atom. The van der Waals surface area contributed by atoms with E-state index < -0.39 is 5.97 Å². The molecule has 0 saturated carbocycles. The molecule has 0 bridgehead atoms. The Labute approximate surface area is 110 Å². The van der Waals surface area contributed by atoms with E-state index in [1.807, 2.05) is 30.3 Å². The molecule has 0 aliphatic heterocycles. The Bertz CT molecular complexity index is 548. The third-order valence-corrected chi connectivity index (χ3v) is 2.60. The molecule has 1 N–H and O–H groups in total. The summed E-state index contributed by atoms with van der Waals surface area (Å²) >= 11 is 0. The van der Waals surface area contributed by atoms with Crippen LogP contribution in [0.2, 0.25) is 0 Å². The van der Waals surface area contributed by atoms with Crippen LogP contribution in [0.25, 0.3) is 0 Å². The smallest absolute Gasteiger partial charge is 0.323 e. The molecule has 0 atom stereocenters. The standard InChI is InChI=1S/C14H13NO4/c16-13(17)9-15(8-11-4-2-1-3-5-11)14(18)12-6-7-19-10-12/h1-7,10H,8-9H2,(H,16,17). The molecule has 0 unspecified atom stereocenters. The number of hydrogen-bond acceptors (Lipinski definition) is 3. The number of carbonyl (C=O) groups excluding carboxylic acids is 1. The zero-order valence-electron chi connectivity index (χ0n) is 10.2. The van der Waals surface area contributed by atoms with Crippen LogP contribution in [0.5, 0.6) is 0 Å². The summed E-state index contributed by atoms with van der Waals surface area (Å²) in [6.07, 6.45) is 2.69. The molecule has 5 heteroatoms. The Kier molecular flexibility index (Phi) is 3.97. The van der Waals surface area contributed by atoms with Gasteiger partial charge in [-0.25, -0.2) is 0 Å². The van der Waals surface area contributed by atoms with Crippen molar-refractivity contribution in [1.82, 2.24) is 4.90 Å². The van der Waals surface area contributed by atoms with Crippen LogP contribution in [0, 0.1) is 0 Å². The monoisotopic (exact) mass is 259 g/mol. The van der Waals surface area contributed by atoms with Gasteiger partial charge in [-0.3, -0.25) is 9.59 Å². The minimum atomic E-state index is -1.05. The maximum atomic E-state index is 12.1. The molecule has 0 saturated heterocycles. The summed E-state index contributed by atoms with van der Waals surface area (Å²) in [5.41, 5.74) is 1.22. The van der Waals surface area contributed by atoms with Gasteiger partial charge in [0, 0.05) is 6.54 Å². The summed E-state index contributed by atoms with van der Waals surface area (Å²) in [4.78, 5) is 24.3. The fraction of sp³-hybridized carbons (Fsp3) is 0.143. The number of aliphatic carboxylic acids is 1. The van der Waals surface area contributed by atoms with Gasteiger partial charge >= 0.3 is 5.97 Å². The molecular weight excluding hydrogens is 246 g/mol. The van der Waals surface area contributed by atoms with E-state index >= 15 is 0 Å². The lowest BCUT2D eigenvalue weighted by Gasteiger charge is -2.20. The number of rotatable bonds is 5. The highest BCUT2D eigenvalue weighted by atomic mass is 16.4. The minimum absolute atomic E-state index is 0.247. The van der Waals surface area contributed by atoms with Gasteiger partial charge in [0.15, 0.2) is 0 Å². The van der Waals surface area contributed by atoms with Gasteiger partial charge in [0.2, 0.25) is 0 Å². The molecule has 2 aromatic rings. The SMILES string of the molecule is O=C(O)CN(Cc1ccccc1)C(=O)c1ccoc1. The van der Waals surface area contributed by atoms with Crippen LogP contribution in [0.3, 0.4) is 0 Å². The lowest BCUT2D eigenvalue weighted by atomic mass is 10.2. The highest BCUT2D eigenvalue weighted by Crippen LogP contribution is 2.10. The Hall–Kier alpha value is -2.56. The van der Waals surface area contributed by atoms with Crippen molar-refractivity contribution in [3.05, 3.63) is 60.1 Å². The fourth-order valence-corrected chi connectivity index (χ4v) is 1.74. The maximum Gasteiger partial charge on any atom is 0.323 e. The molecule has 5 nitrogen and oxygen atoms in total. The predicted molar refractivity (Wildman–Crippen MR) is 67.5 cm³/mol. The van der Waals surface area contributed by atoms with E-state index in [0.717, 1.165) is 5.56 Å². The number of amides is 1. The van der Waals surface area contributed by atoms with E-state index in [9.17, 15) is 9.59 Å². The van der Waals surface area contributed by atoms with Gasteiger partial charge in [0.05, 0.1) is 11.8 Å². The van der Waals surface area contributed by atoms with E-state index in [1.54, 1.807) is 0 Å². The van der Waals surface area contributed by atoms with E-state index in [-0.39, 0.29) is 19.0 Å². The zero-order chi connectivity index (χ0) is 13.7. The summed E-state index contributed by atoms with van der Waals surface area (Å²) in [5, 5.41) is 8.89. The molecule has 0 aliphatic carbocycles. The molecule has 1 aromatic carbocycles. The lowest BCUT2D eigenvalue weighted by Crippen LogP contribution is -2.34. The van der Waals surface area contributed by atoms with Crippen molar-refractivity contribution in [2.75, 3.05) is 6.54 Å². The van der Waals surface area contributed by atoms with Gasteiger partial charge in [0.25, 0.3) is 5.91 Å². The largest absolute Gasteiger partial charge is 0.480 e. The Morgan fingerprint density at radius 2 is 1.89 bits per heavy atom. The number of nitrogens with zero attached hydrogens (tertiary/aromatic N) is 1. The number of hydrogen-bond donors (Lipinski definition) is 1. The fourth-order valence-electron chi connectivity index (χ4n) is 1.74. The van der Waals surface area contributed by atoms with Crippen LogP contribution in [0.1, 0.15) is 15.9 Å². The van der Waals surface area contributed by atoms with Crippen LogP contribution in [-0.2, 0) is 11.3 Å². The quantitative estimate of drug-likeness (QED) is 0.891. The minimum Gasteiger partial charge on any atom is -0.480 e. The first-order valence-corrected chi connectivity index (χ1v) is 5.74. The summed E-state index contributed by atoms with van der Waals surface area (Å²) < 4.78 is 4.85. The molecule has 0 spiro atoms.